The van der Waals surface area contributed by atoms with Gasteiger partial charge in [0.25, 0.3) is 0 Å². The number of nitrogens with zero attached hydrogens (tertiary/aromatic N) is 2. The Morgan fingerprint density at radius 1 is 1.40 bits per heavy atom. The van der Waals surface area contributed by atoms with E-state index < -0.39 is 0 Å². The van der Waals surface area contributed by atoms with E-state index >= 15 is 0 Å². The van der Waals surface area contributed by atoms with E-state index in [9.17, 15) is 0 Å². The topological polar surface area (TPSA) is 29.9 Å². The number of para-hydroxylation sites is 1. The molecule has 0 saturated heterocycles. The van der Waals surface area contributed by atoms with Crippen molar-refractivity contribution in [3.63, 3.8) is 0 Å². The van der Waals surface area contributed by atoms with Crippen molar-refractivity contribution in [2.45, 2.75) is 6.54 Å². The van der Waals surface area contributed by atoms with E-state index in [-0.39, 0.29) is 0 Å². The lowest BCUT2D eigenvalue weighted by molar-refractivity contribution is 0.689. The number of fused-ring (bicyclic) bond motifs is 1. The number of hydrogen-bond donors (Lipinski definition) is 1. The number of aryl methyl sites for hydroxylation is 1. The van der Waals surface area contributed by atoms with Gasteiger partial charge in [0.05, 0.1) is 11.2 Å². The number of rotatable bonds is 4. The predicted octanol–water partition coefficient (Wildman–Crippen LogP) is 2.06. The van der Waals surface area contributed by atoms with Gasteiger partial charge < -0.3 is 5.32 Å². The lowest BCUT2D eigenvalue weighted by Crippen LogP contribution is -2.16. The van der Waals surface area contributed by atoms with Gasteiger partial charge in [0.1, 0.15) is 0 Å². The van der Waals surface area contributed by atoms with Crippen molar-refractivity contribution in [3.05, 3.63) is 30.0 Å². The first kappa shape index (κ1) is 10.6. The van der Waals surface area contributed by atoms with Gasteiger partial charge in [-0.3, -0.25) is 4.68 Å². The Hall–Kier alpha value is -0.870. The van der Waals surface area contributed by atoms with Crippen LogP contribution in [0, 0.1) is 0 Å². The highest BCUT2D eigenvalue weighted by molar-refractivity contribution is 9.09. The van der Waals surface area contributed by atoms with E-state index in [4.69, 9.17) is 0 Å². The summed E-state index contributed by atoms with van der Waals surface area (Å²) in [5, 5.41) is 10.0. The van der Waals surface area contributed by atoms with Crippen LogP contribution >= 0.6 is 15.9 Å². The third-order valence-corrected chi connectivity index (χ3v) is 2.79. The summed E-state index contributed by atoms with van der Waals surface area (Å²) in [6.45, 7) is 1.79. The minimum atomic E-state index is 0.826. The molecule has 15 heavy (non-hydrogen) atoms. The van der Waals surface area contributed by atoms with Gasteiger partial charge in [-0.2, -0.15) is 5.10 Å². The lowest BCUT2D eigenvalue weighted by Gasteiger charge is -1.98. The van der Waals surface area contributed by atoms with E-state index in [0.717, 1.165) is 24.1 Å². The highest BCUT2D eigenvalue weighted by atomic mass is 79.9. The summed E-state index contributed by atoms with van der Waals surface area (Å²) < 4.78 is 1.93. The fourth-order valence-electron chi connectivity index (χ4n) is 1.69. The maximum atomic E-state index is 4.50. The third kappa shape index (κ3) is 2.21. The van der Waals surface area contributed by atoms with E-state index in [1.807, 2.05) is 17.8 Å². The maximum absolute atomic E-state index is 4.50. The molecule has 80 valence electrons. The molecule has 0 spiro atoms. The van der Waals surface area contributed by atoms with Gasteiger partial charge in [-0.1, -0.05) is 34.1 Å². The molecular weight excluding hydrogens is 254 g/mol. The number of nitrogens with one attached hydrogen (secondary N) is 1. The Bertz CT molecular complexity index is 450. The van der Waals surface area contributed by atoms with Gasteiger partial charge in [-0.25, -0.2) is 0 Å². The Kier molecular flexibility index (Phi) is 3.38. The van der Waals surface area contributed by atoms with E-state index in [0.29, 0.717) is 0 Å². The van der Waals surface area contributed by atoms with Gasteiger partial charge in [0, 0.05) is 30.9 Å². The van der Waals surface area contributed by atoms with Crippen molar-refractivity contribution in [1.82, 2.24) is 15.1 Å². The highest BCUT2D eigenvalue weighted by Crippen LogP contribution is 2.16. The minimum Gasteiger partial charge on any atom is -0.310 e. The Morgan fingerprint density at radius 3 is 3.00 bits per heavy atom. The monoisotopic (exact) mass is 267 g/mol. The molecule has 0 bridgehead atoms. The molecule has 0 unspecified atom stereocenters. The van der Waals surface area contributed by atoms with Gasteiger partial charge in [-0.15, -0.1) is 0 Å². The highest BCUT2D eigenvalue weighted by Gasteiger charge is 2.06. The second kappa shape index (κ2) is 4.77. The number of hydrogen-bond acceptors (Lipinski definition) is 2. The summed E-state index contributed by atoms with van der Waals surface area (Å²) in [6, 6.07) is 8.31. The first-order chi connectivity index (χ1) is 7.33. The van der Waals surface area contributed by atoms with Crippen LogP contribution < -0.4 is 5.32 Å². The van der Waals surface area contributed by atoms with Crippen LogP contribution in [-0.4, -0.2) is 21.7 Å². The van der Waals surface area contributed by atoms with Crippen molar-refractivity contribution >= 4 is 26.8 Å². The third-order valence-electron chi connectivity index (χ3n) is 2.40. The number of halogens is 1. The Balaban J connectivity index is 2.27. The SMILES string of the molecule is Cn1nc(CNCCBr)c2ccccc21. The first-order valence-electron chi connectivity index (χ1n) is 5.00. The fourth-order valence-corrected chi connectivity index (χ4v) is 1.97. The second-order valence-electron chi connectivity index (χ2n) is 3.45. The summed E-state index contributed by atoms with van der Waals surface area (Å²) in [5.41, 5.74) is 2.31. The average Bonchev–Trinajstić information content (AvgIpc) is 2.58. The van der Waals surface area contributed by atoms with Crippen molar-refractivity contribution < 1.29 is 0 Å². The van der Waals surface area contributed by atoms with Gasteiger partial charge >= 0.3 is 0 Å². The standard InChI is InChI=1S/C11H14BrN3/c1-15-11-5-3-2-4-9(11)10(14-15)8-13-7-6-12/h2-5,13H,6-8H2,1H3. The van der Waals surface area contributed by atoms with Gasteiger partial charge in [0.2, 0.25) is 0 Å². The molecule has 1 heterocycles. The molecule has 1 aromatic carbocycles. The van der Waals surface area contributed by atoms with E-state index in [1.165, 1.54) is 10.9 Å². The zero-order valence-electron chi connectivity index (χ0n) is 8.70. The van der Waals surface area contributed by atoms with Crippen LogP contribution in [0.3, 0.4) is 0 Å². The molecule has 0 aliphatic rings. The molecule has 1 aromatic heterocycles. The molecule has 0 fully saturated rings. The van der Waals surface area contributed by atoms with Crippen LogP contribution in [0.15, 0.2) is 24.3 Å². The van der Waals surface area contributed by atoms with Crippen LogP contribution in [0.2, 0.25) is 0 Å². The number of aromatic nitrogens is 2. The average molecular weight is 268 g/mol. The van der Waals surface area contributed by atoms with Crippen molar-refractivity contribution in [2.24, 2.45) is 7.05 Å². The Labute approximate surface area is 97.6 Å². The zero-order valence-corrected chi connectivity index (χ0v) is 10.3. The minimum absolute atomic E-state index is 0.826. The van der Waals surface area contributed by atoms with Crippen LogP contribution in [-0.2, 0) is 13.6 Å². The van der Waals surface area contributed by atoms with Crippen LogP contribution in [0.4, 0.5) is 0 Å². The summed E-state index contributed by atoms with van der Waals surface area (Å²) in [7, 11) is 1.98. The first-order valence-corrected chi connectivity index (χ1v) is 6.12. The lowest BCUT2D eigenvalue weighted by atomic mass is 10.2. The number of alkyl halides is 1. The molecule has 0 aliphatic carbocycles. The maximum Gasteiger partial charge on any atom is 0.0841 e. The molecule has 0 aliphatic heterocycles. The second-order valence-corrected chi connectivity index (χ2v) is 4.25. The zero-order chi connectivity index (χ0) is 10.7. The van der Waals surface area contributed by atoms with Crippen molar-refractivity contribution in [1.29, 1.82) is 0 Å². The smallest absolute Gasteiger partial charge is 0.0841 e. The number of benzene rings is 1. The normalized spacial score (nSPS) is 11.1. The van der Waals surface area contributed by atoms with Crippen molar-refractivity contribution in [2.75, 3.05) is 11.9 Å². The molecule has 0 amide bonds. The molecular formula is C11H14BrN3. The van der Waals surface area contributed by atoms with Crippen LogP contribution in [0.25, 0.3) is 10.9 Å². The van der Waals surface area contributed by atoms with Crippen LogP contribution in [0.1, 0.15) is 5.69 Å². The molecule has 0 atom stereocenters. The molecule has 1 N–H and O–H groups in total. The summed E-state index contributed by atoms with van der Waals surface area (Å²) in [4.78, 5) is 0. The molecule has 2 aromatic rings. The molecule has 2 rings (SSSR count). The molecule has 0 radical (unpaired) electrons. The summed E-state index contributed by atoms with van der Waals surface area (Å²) in [6.07, 6.45) is 0. The molecule has 0 saturated carbocycles. The van der Waals surface area contributed by atoms with Gasteiger partial charge in [0.15, 0.2) is 0 Å². The van der Waals surface area contributed by atoms with Crippen LogP contribution in [0.5, 0.6) is 0 Å². The Morgan fingerprint density at radius 2 is 2.20 bits per heavy atom. The summed E-state index contributed by atoms with van der Waals surface area (Å²) in [5.74, 6) is 0. The van der Waals surface area contributed by atoms with Crippen molar-refractivity contribution in [3.8, 4) is 0 Å². The van der Waals surface area contributed by atoms with E-state index in [2.05, 4.69) is 44.5 Å². The van der Waals surface area contributed by atoms with E-state index in [1.54, 1.807) is 0 Å². The van der Waals surface area contributed by atoms with Gasteiger partial charge in [-0.05, 0) is 6.07 Å². The predicted molar refractivity (Wildman–Crippen MR) is 66.2 cm³/mol. The summed E-state index contributed by atoms with van der Waals surface area (Å²) >= 11 is 3.39. The molecule has 3 nitrogen and oxygen atoms in total. The largest absolute Gasteiger partial charge is 0.310 e. The quantitative estimate of drug-likeness (QED) is 0.679. The fraction of sp³-hybridized carbons (Fsp3) is 0.364. The molecule has 4 heteroatoms.